The number of para-hydroxylation sites is 1. The van der Waals surface area contributed by atoms with E-state index in [-0.39, 0.29) is 5.91 Å². The van der Waals surface area contributed by atoms with Gasteiger partial charge in [-0.1, -0.05) is 24.6 Å². The van der Waals surface area contributed by atoms with Crippen molar-refractivity contribution < 1.29 is 4.79 Å². The van der Waals surface area contributed by atoms with Crippen molar-refractivity contribution in [2.24, 2.45) is 17.8 Å². The van der Waals surface area contributed by atoms with E-state index in [4.69, 9.17) is 0 Å². The number of amides is 1. The SMILES string of the molecule is C[C@@H](NC(=O)CN1CCN(c2ccccc2)CC1)[C@H]1C[C@@H]2CC[C@@H]1C2. The minimum Gasteiger partial charge on any atom is -0.369 e. The van der Waals surface area contributed by atoms with Crippen LogP contribution in [0.2, 0.25) is 0 Å². The first-order valence-electron chi connectivity index (χ1n) is 10.0. The standard InChI is InChI=1S/C21H31N3O/c1-16(20-14-17-7-8-18(20)13-17)22-21(25)15-23-9-11-24(12-10-23)19-5-3-2-4-6-19/h2-6,16-18,20H,7-15H2,1H3,(H,22,25)/t16-,17-,18-,20-/m1/s1. The molecule has 1 aromatic carbocycles. The molecule has 3 aliphatic rings. The lowest BCUT2D eigenvalue weighted by Gasteiger charge is -2.36. The molecule has 4 nitrogen and oxygen atoms in total. The van der Waals surface area contributed by atoms with Crippen molar-refractivity contribution in [2.45, 2.75) is 38.6 Å². The zero-order valence-corrected chi connectivity index (χ0v) is 15.4. The molecule has 1 N–H and O–H groups in total. The molecule has 2 aliphatic carbocycles. The number of anilines is 1. The summed E-state index contributed by atoms with van der Waals surface area (Å²) in [5, 5.41) is 3.30. The average molecular weight is 341 g/mol. The van der Waals surface area contributed by atoms with Gasteiger partial charge in [0.25, 0.3) is 0 Å². The third kappa shape index (κ3) is 3.84. The van der Waals surface area contributed by atoms with Crippen LogP contribution in [0.5, 0.6) is 0 Å². The van der Waals surface area contributed by atoms with E-state index < -0.39 is 0 Å². The molecule has 136 valence electrons. The first-order valence-corrected chi connectivity index (χ1v) is 10.0. The third-order valence-electron chi connectivity index (χ3n) is 6.68. The van der Waals surface area contributed by atoms with Crippen molar-refractivity contribution >= 4 is 11.6 Å². The molecule has 2 bridgehead atoms. The smallest absolute Gasteiger partial charge is 0.234 e. The number of nitrogens with one attached hydrogen (secondary N) is 1. The van der Waals surface area contributed by atoms with Gasteiger partial charge in [0.2, 0.25) is 5.91 Å². The summed E-state index contributed by atoms with van der Waals surface area (Å²) in [6, 6.07) is 10.9. The number of carbonyl (C=O) groups is 1. The number of carbonyl (C=O) groups excluding carboxylic acids is 1. The third-order valence-corrected chi connectivity index (χ3v) is 6.68. The molecule has 0 unspecified atom stereocenters. The minimum atomic E-state index is 0.212. The van der Waals surface area contributed by atoms with Crippen LogP contribution in [0.15, 0.2) is 30.3 Å². The van der Waals surface area contributed by atoms with Gasteiger partial charge in [-0.3, -0.25) is 9.69 Å². The number of hydrogen-bond donors (Lipinski definition) is 1. The Hall–Kier alpha value is -1.55. The van der Waals surface area contributed by atoms with Gasteiger partial charge in [0, 0.05) is 37.9 Å². The Bertz CT molecular complexity index is 582. The average Bonchev–Trinajstić information content (AvgIpc) is 3.26. The van der Waals surface area contributed by atoms with E-state index >= 15 is 0 Å². The lowest BCUT2D eigenvalue weighted by Crippen LogP contribution is -2.51. The summed E-state index contributed by atoms with van der Waals surface area (Å²) in [7, 11) is 0. The van der Waals surface area contributed by atoms with Crippen LogP contribution in [0.25, 0.3) is 0 Å². The van der Waals surface area contributed by atoms with Gasteiger partial charge >= 0.3 is 0 Å². The molecule has 3 fully saturated rings. The quantitative estimate of drug-likeness (QED) is 0.894. The van der Waals surface area contributed by atoms with Crippen LogP contribution in [0.4, 0.5) is 5.69 Å². The van der Waals surface area contributed by atoms with Crippen molar-refractivity contribution in [2.75, 3.05) is 37.6 Å². The fourth-order valence-electron chi connectivity index (χ4n) is 5.32. The van der Waals surface area contributed by atoms with Crippen molar-refractivity contribution in [1.29, 1.82) is 0 Å². The molecule has 1 saturated heterocycles. The number of rotatable bonds is 5. The van der Waals surface area contributed by atoms with Crippen LogP contribution in [0.3, 0.4) is 0 Å². The summed E-state index contributed by atoms with van der Waals surface area (Å²) < 4.78 is 0. The van der Waals surface area contributed by atoms with Crippen molar-refractivity contribution in [3.8, 4) is 0 Å². The molecular formula is C21H31N3O. The van der Waals surface area contributed by atoms with E-state index in [1.165, 1.54) is 31.4 Å². The highest BCUT2D eigenvalue weighted by molar-refractivity contribution is 5.78. The van der Waals surface area contributed by atoms with Gasteiger partial charge in [-0.15, -0.1) is 0 Å². The molecule has 1 aliphatic heterocycles. The normalized spacial score (nSPS) is 30.4. The first-order chi connectivity index (χ1) is 12.2. The molecule has 4 rings (SSSR count). The second-order valence-electron chi connectivity index (χ2n) is 8.29. The molecular weight excluding hydrogens is 310 g/mol. The van der Waals surface area contributed by atoms with Gasteiger partial charge in [-0.05, 0) is 56.1 Å². The molecule has 0 spiro atoms. The molecule has 0 radical (unpaired) electrons. The Kier molecular flexibility index (Phi) is 4.98. The Morgan fingerprint density at radius 3 is 2.52 bits per heavy atom. The lowest BCUT2D eigenvalue weighted by molar-refractivity contribution is -0.123. The predicted octanol–water partition coefficient (Wildman–Crippen LogP) is 2.75. The van der Waals surface area contributed by atoms with Gasteiger partial charge in [0.1, 0.15) is 0 Å². The van der Waals surface area contributed by atoms with Crippen LogP contribution in [0.1, 0.15) is 32.6 Å². The summed E-state index contributed by atoms with van der Waals surface area (Å²) in [4.78, 5) is 17.2. The molecule has 2 saturated carbocycles. The Morgan fingerprint density at radius 1 is 1.12 bits per heavy atom. The first kappa shape index (κ1) is 16.9. The molecule has 1 aromatic rings. The van der Waals surface area contributed by atoms with E-state index in [2.05, 4.69) is 52.4 Å². The maximum Gasteiger partial charge on any atom is 0.234 e. The fourth-order valence-corrected chi connectivity index (χ4v) is 5.32. The van der Waals surface area contributed by atoms with Crippen LogP contribution in [-0.4, -0.2) is 49.6 Å². The summed E-state index contributed by atoms with van der Waals surface area (Å²) in [6.45, 7) is 6.69. The van der Waals surface area contributed by atoms with Gasteiger partial charge in [-0.25, -0.2) is 0 Å². The molecule has 4 atom stereocenters. The van der Waals surface area contributed by atoms with E-state index in [9.17, 15) is 4.79 Å². The summed E-state index contributed by atoms with van der Waals surface area (Å²) in [5.41, 5.74) is 1.29. The number of hydrogen-bond acceptors (Lipinski definition) is 3. The number of piperazine rings is 1. The van der Waals surface area contributed by atoms with Gasteiger partial charge in [0.05, 0.1) is 6.54 Å². The summed E-state index contributed by atoms with van der Waals surface area (Å²) in [6.07, 6.45) is 5.55. The highest BCUT2D eigenvalue weighted by atomic mass is 16.2. The molecule has 1 heterocycles. The van der Waals surface area contributed by atoms with Crippen LogP contribution < -0.4 is 10.2 Å². The topological polar surface area (TPSA) is 35.6 Å². The number of benzene rings is 1. The summed E-state index contributed by atoms with van der Waals surface area (Å²) >= 11 is 0. The zero-order valence-electron chi connectivity index (χ0n) is 15.4. The Morgan fingerprint density at radius 2 is 1.88 bits per heavy atom. The highest BCUT2D eigenvalue weighted by Gasteiger charge is 2.42. The number of nitrogens with zero attached hydrogens (tertiary/aromatic N) is 2. The van der Waals surface area contributed by atoms with Crippen LogP contribution >= 0.6 is 0 Å². The lowest BCUT2D eigenvalue weighted by atomic mass is 9.84. The van der Waals surface area contributed by atoms with Crippen molar-refractivity contribution in [1.82, 2.24) is 10.2 Å². The van der Waals surface area contributed by atoms with Gasteiger partial charge in [-0.2, -0.15) is 0 Å². The van der Waals surface area contributed by atoms with E-state index in [0.717, 1.165) is 43.9 Å². The van der Waals surface area contributed by atoms with Gasteiger partial charge < -0.3 is 10.2 Å². The summed E-state index contributed by atoms with van der Waals surface area (Å²) in [5.74, 6) is 2.75. The largest absolute Gasteiger partial charge is 0.369 e. The maximum absolute atomic E-state index is 12.5. The Labute approximate surface area is 151 Å². The monoisotopic (exact) mass is 341 g/mol. The fraction of sp³-hybridized carbons (Fsp3) is 0.667. The van der Waals surface area contributed by atoms with Gasteiger partial charge in [0.15, 0.2) is 0 Å². The predicted molar refractivity (Wildman–Crippen MR) is 102 cm³/mol. The van der Waals surface area contributed by atoms with E-state index in [0.29, 0.717) is 12.6 Å². The minimum absolute atomic E-state index is 0.212. The van der Waals surface area contributed by atoms with E-state index in [1.54, 1.807) is 0 Å². The Balaban J connectivity index is 1.21. The zero-order chi connectivity index (χ0) is 17.2. The molecule has 4 heteroatoms. The second kappa shape index (κ2) is 7.36. The maximum atomic E-state index is 12.5. The van der Waals surface area contributed by atoms with Crippen LogP contribution in [-0.2, 0) is 4.79 Å². The van der Waals surface area contributed by atoms with Crippen molar-refractivity contribution in [3.05, 3.63) is 30.3 Å². The highest BCUT2D eigenvalue weighted by Crippen LogP contribution is 2.49. The molecule has 0 aromatic heterocycles. The van der Waals surface area contributed by atoms with Crippen LogP contribution in [0, 0.1) is 17.8 Å². The second-order valence-corrected chi connectivity index (χ2v) is 8.29. The van der Waals surface area contributed by atoms with Crippen molar-refractivity contribution in [3.63, 3.8) is 0 Å². The molecule has 1 amide bonds. The number of fused-ring (bicyclic) bond motifs is 2. The molecule has 25 heavy (non-hydrogen) atoms. The van der Waals surface area contributed by atoms with E-state index in [1.807, 2.05) is 0 Å².